The quantitative estimate of drug-likeness (QED) is 0.808. The molecular formula is C15H24N2O. The van der Waals surface area contributed by atoms with Crippen LogP contribution in [0, 0.1) is 0 Å². The van der Waals surface area contributed by atoms with Gasteiger partial charge in [-0.25, -0.2) is 0 Å². The number of hydrogen-bond acceptors (Lipinski definition) is 3. The molecule has 0 radical (unpaired) electrons. The van der Waals surface area contributed by atoms with Gasteiger partial charge in [0.05, 0.1) is 12.7 Å². The summed E-state index contributed by atoms with van der Waals surface area (Å²) in [4.78, 5) is 4.72. The first-order valence-corrected chi connectivity index (χ1v) is 6.69. The molecule has 18 heavy (non-hydrogen) atoms. The maximum atomic E-state index is 5.89. The zero-order valence-electron chi connectivity index (χ0n) is 11.7. The summed E-state index contributed by atoms with van der Waals surface area (Å²) in [5.41, 5.74) is 1.38. The third-order valence-corrected chi connectivity index (χ3v) is 3.43. The van der Waals surface area contributed by atoms with Gasteiger partial charge in [0, 0.05) is 25.7 Å². The SMILES string of the molecule is C[C@H]1CO[C@H](CN(C)C)CN1Cc1ccccc1. The van der Waals surface area contributed by atoms with Gasteiger partial charge < -0.3 is 9.64 Å². The average Bonchev–Trinajstić information content (AvgIpc) is 2.34. The summed E-state index contributed by atoms with van der Waals surface area (Å²) in [6.45, 7) is 6.13. The monoisotopic (exact) mass is 248 g/mol. The molecule has 1 heterocycles. The molecule has 1 aliphatic rings. The van der Waals surface area contributed by atoms with Crippen molar-refractivity contribution >= 4 is 0 Å². The van der Waals surface area contributed by atoms with E-state index in [1.807, 2.05) is 0 Å². The molecule has 1 aliphatic heterocycles. The molecule has 0 saturated carbocycles. The van der Waals surface area contributed by atoms with Crippen LogP contribution in [0.1, 0.15) is 12.5 Å². The van der Waals surface area contributed by atoms with Gasteiger partial charge in [-0.15, -0.1) is 0 Å². The van der Waals surface area contributed by atoms with Gasteiger partial charge in [0.2, 0.25) is 0 Å². The molecule has 0 unspecified atom stereocenters. The Hall–Kier alpha value is -0.900. The summed E-state index contributed by atoms with van der Waals surface area (Å²) in [6, 6.07) is 11.2. The van der Waals surface area contributed by atoms with Gasteiger partial charge in [-0.05, 0) is 26.6 Å². The first kappa shape index (κ1) is 13.5. The fourth-order valence-electron chi connectivity index (χ4n) is 2.43. The van der Waals surface area contributed by atoms with E-state index in [4.69, 9.17) is 4.74 Å². The van der Waals surface area contributed by atoms with E-state index < -0.39 is 0 Å². The lowest BCUT2D eigenvalue weighted by Crippen LogP contribution is -2.50. The van der Waals surface area contributed by atoms with Gasteiger partial charge in [0.1, 0.15) is 0 Å². The van der Waals surface area contributed by atoms with Crippen molar-refractivity contribution in [2.45, 2.75) is 25.6 Å². The number of benzene rings is 1. The average molecular weight is 248 g/mol. The fraction of sp³-hybridized carbons (Fsp3) is 0.600. The Kier molecular flexibility index (Phi) is 4.75. The molecule has 0 spiro atoms. The first-order valence-electron chi connectivity index (χ1n) is 6.69. The van der Waals surface area contributed by atoms with Gasteiger partial charge in [0.25, 0.3) is 0 Å². The van der Waals surface area contributed by atoms with Crippen molar-refractivity contribution in [3.05, 3.63) is 35.9 Å². The summed E-state index contributed by atoms with van der Waals surface area (Å²) in [5, 5.41) is 0. The highest BCUT2D eigenvalue weighted by molar-refractivity contribution is 5.14. The minimum absolute atomic E-state index is 0.333. The summed E-state index contributed by atoms with van der Waals surface area (Å²) in [5.74, 6) is 0. The molecule has 0 amide bonds. The number of morpholine rings is 1. The fourth-order valence-corrected chi connectivity index (χ4v) is 2.43. The number of likely N-dealkylation sites (N-methyl/N-ethyl adjacent to an activating group) is 1. The molecule has 0 aromatic heterocycles. The summed E-state index contributed by atoms with van der Waals surface area (Å²) in [6.07, 6.45) is 0.333. The molecule has 3 nitrogen and oxygen atoms in total. The summed E-state index contributed by atoms with van der Waals surface area (Å²) in [7, 11) is 4.20. The molecule has 3 heteroatoms. The van der Waals surface area contributed by atoms with Crippen molar-refractivity contribution in [1.82, 2.24) is 9.80 Å². The summed E-state index contributed by atoms with van der Waals surface area (Å²) < 4.78 is 5.89. The Balaban J connectivity index is 1.93. The van der Waals surface area contributed by atoms with Gasteiger partial charge in [0.15, 0.2) is 0 Å². The van der Waals surface area contributed by atoms with Crippen LogP contribution in [0.2, 0.25) is 0 Å². The van der Waals surface area contributed by atoms with E-state index in [9.17, 15) is 0 Å². The molecule has 1 aromatic rings. The maximum Gasteiger partial charge on any atom is 0.0829 e. The Labute approximate surface area is 110 Å². The molecule has 0 bridgehead atoms. The first-order chi connectivity index (χ1) is 8.65. The molecule has 100 valence electrons. The van der Waals surface area contributed by atoms with Crippen molar-refractivity contribution in [3.63, 3.8) is 0 Å². The standard InChI is InChI=1S/C15H24N2O/c1-13-12-18-15(10-16(2)3)11-17(13)9-14-7-5-4-6-8-14/h4-8,13,15H,9-12H2,1-3H3/t13-,15+/m0/s1. The molecular weight excluding hydrogens is 224 g/mol. The normalized spacial score (nSPS) is 25.6. The highest BCUT2D eigenvalue weighted by Gasteiger charge is 2.26. The topological polar surface area (TPSA) is 15.7 Å². The molecule has 0 aliphatic carbocycles. The van der Waals surface area contributed by atoms with Crippen molar-refractivity contribution in [3.8, 4) is 0 Å². The van der Waals surface area contributed by atoms with Crippen LogP contribution in [0.25, 0.3) is 0 Å². The number of rotatable bonds is 4. The molecule has 0 N–H and O–H groups in total. The predicted molar refractivity (Wildman–Crippen MR) is 74.6 cm³/mol. The van der Waals surface area contributed by atoms with Crippen LogP contribution in [0.15, 0.2) is 30.3 Å². The van der Waals surface area contributed by atoms with Crippen LogP contribution in [0.4, 0.5) is 0 Å². The lowest BCUT2D eigenvalue weighted by Gasteiger charge is -2.38. The minimum Gasteiger partial charge on any atom is -0.374 e. The number of ether oxygens (including phenoxy) is 1. The van der Waals surface area contributed by atoms with E-state index in [0.717, 1.165) is 26.2 Å². The van der Waals surface area contributed by atoms with Crippen molar-refractivity contribution in [2.75, 3.05) is 33.8 Å². The van der Waals surface area contributed by atoms with E-state index in [1.165, 1.54) is 5.56 Å². The lowest BCUT2D eigenvalue weighted by molar-refractivity contribution is -0.0687. The van der Waals surface area contributed by atoms with E-state index in [2.05, 4.69) is 61.2 Å². The molecule has 2 rings (SSSR count). The predicted octanol–water partition coefficient (Wildman–Crippen LogP) is 1.84. The Morgan fingerprint density at radius 3 is 2.67 bits per heavy atom. The molecule has 1 aromatic carbocycles. The van der Waals surface area contributed by atoms with Crippen molar-refractivity contribution < 1.29 is 4.74 Å². The van der Waals surface area contributed by atoms with E-state index >= 15 is 0 Å². The third-order valence-electron chi connectivity index (χ3n) is 3.43. The Morgan fingerprint density at radius 1 is 1.28 bits per heavy atom. The van der Waals surface area contributed by atoms with Crippen molar-refractivity contribution in [2.24, 2.45) is 0 Å². The Bertz CT molecular complexity index is 353. The van der Waals surface area contributed by atoms with Gasteiger partial charge in [-0.1, -0.05) is 30.3 Å². The Morgan fingerprint density at radius 2 is 2.00 bits per heavy atom. The third kappa shape index (κ3) is 3.80. The zero-order valence-corrected chi connectivity index (χ0v) is 11.7. The van der Waals surface area contributed by atoms with Crippen LogP contribution in [0.5, 0.6) is 0 Å². The molecule has 2 atom stereocenters. The highest BCUT2D eigenvalue weighted by Crippen LogP contribution is 2.15. The van der Waals surface area contributed by atoms with Crippen LogP contribution >= 0.6 is 0 Å². The van der Waals surface area contributed by atoms with Crippen LogP contribution in [-0.2, 0) is 11.3 Å². The summed E-state index contributed by atoms with van der Waals surface area (Å²) >= 11 is 0. The van der Waals surface area contributed by atoms with E-state index in [0.29, 0.717) is 12.1 Å². The smallest absolute Gasteiger partial charge is 0.0829 e. The zero-order chi connectivity index (χ0) is 13.0. The number of hydrogen-bond donors (Lipinski definition) is 0. The minimum atomic E-state index is 0.333. The van der Waals surface area contributed by atoms with Crippen LogP contribution < -0.4 is 0 Å². The van der Waals surface area contributed by atoms with Crippen LogP contribution in [-0.4, -0.2) is 55.7 Å². The van der Waals surface area contributed by atoms with Crippen molar-refractivity contribution in [1.29, 1.82) is 0 Å². The van der Waals surface area contributed by atoms with Gasteiger partial charge in [-0.2, -0.15) is 0 Å². The second-order valence-corrected chi connectivity index (χ2v) is 5.48. The second kappa shape index (κ2) is 6.32. The molecule has 1 saturated heterocycles. The lowest BCUT2D eigenvalue weighted by atomic mass is 10.1. The van der Waals surface area contributed by atoms with E-state index in [-0.39, 0.29) is 0 Å². The largest absolute Gasteiger partial charge is 0.374 e. The van der Waals surface area contributed by atoms with E-state index in [1.54, 1.807) is 0 Å². The maximum absolute atomic E-state index is 5.89. The van der Waals surface area contributed by atoms with Gasteiger partial charge in [-0.3, -0.25) is 4.90 Å². The number of nitrogens with zero attached hydrogens (tertiary/aromatic N) is 2. The second-order valence-electron chi connectivity index (χ2n) is 5.48. The molecule has 1 fully saturated rings. The van der Waals surface area contributed by atoms with Crippen LogP contribution in [0.3, 0.4) is 0 Å². The van der Waals surface area contributed by atoms with Gasteiger partial charge >= 0.3 is 0 Å². The highest BCUT2D eigenvalue weighted by atomic mass is 16.5.